The van der Waals surface area contributed by atoms with Crippen LogP contribution in [0.15, 0.2) is 18.2 Å². The molecular weight excluding hydrogens is 242 g/mol. The molecule has 4 heteroatoms. The van der Waals surface area contributed by atoms with E-state index in [0.29, 0.717) is 5.75 Å². The lowest BCUT2D eigenvalue weighted by Crippen LogP contribution is -2.43. The molecule has 1 atom stereocenters. The normalized spacial score (nSPS) is 15.2. The van der Waals surface area contributed by atoms with Gasteiger partial charge in [0.15, 0.2) is 11.5 Å². The molecule has 0 saturated heterocycles. The first-order chi connectivity index (χ1) is 8.95. The zero-order chi connectivity index (χ0) is 14.0. The van der Waals surface area contributed by atoms with E-state index in [2.05, 4.69) is 12.2 Å². The second-order valence-electron chi connectivity index (χ2n) is 5.48. The van der Waals surface area contributed by atoms with Gasteiger partial charge in [-0.3, -0.25) is 4.79 Å². The van der Waals surface area contributed by atoms with Gasteiger partial charge in [0.1, 0.15) is 0 Å². The highest BCUT2D eigenvalue weighted by Crippen LogP contribution is 2.36. The summed E-state index contributed by atoms with van der Waals surface area (Å²) in [5.41, 5.74) is 0.335. The Labute approximate surface area is 114 Å². The zero-order valence-corrected chi connectivity index (χ0v) is 11.9. The van der Waals surface area contributed by atoms with E-state index in [4.69, 9.17) is 9.47 Å². The Balaban J connectivity index is 2.21. The topological polar surface area (TPSA) is 47.6 Å². The second kappa shape index (κ2) is 5.11. The van der Waals surface area contributed by atoms with Gasteiger partial charge in [0.2, 0.25) is 12.7 Å². The average Bonchev–Trinajstić information content (AvgIpc) is 2.85. The third-order valence-electron chi connectivity index (χ3n) is 3.65. The smallest absolute Gasteiger partial charge is 0.231 e. The van der Waals surface area contributed by atoms with Crippen molar-refractivity contribution in [1.29, 1.82) is 0 Å². The molecule has 0 aromatic heterocycles. The molecule has 104 valence electrons. The van der Waals surface area contributed by atoms with Gasteiger partial charge in [-0.25, -0.2) is 0 Å². The van der Waals surface area contributed by atoms with E-state index in [1.807, 2.05) is 39.0 Å². The molecule has 2 rings (SSSR count). The van der Waals surface area contributed by atoms with Crippen molar-refractivity contribution in [3.8, 4) is 11.5 Å². The molecule has 19 heavy (non-hydrogen) atoms. The SMILES string of the molecule is CCC(C)NC(=O)C(C)(C)c1ccc2c(c1)OCO2. The third kappa shape index (κ3) is 2.67. The zero-order valence-electron chi connectivity index (χ0n) is 11.9. The molecule has 1 aromatic rings. The highest BCUT2D eigenvalue weighted by molar-refractivity contribution is 5.87. The molecule has 0 radical (unpaired) electrons. The van der Waals surface area contributed by atoms with Crippen molar-refractivity contribution in [3.63, 3.8) is 0 Å². The van der Waals surface area contributed by atoms with Crippen LogP contribution in [0.4, 0.5) is 0 Å². The van der Waals surface area contributed by atoms with Gasteiger partial charge in [-0.1, -0.05) is 13.0 Å². The summed E-state index contributed by atoms with van der Waals surface area (Å²) < 4.78 is 10.6. The van der Waals surface area contributed by atoms with Gasteiger partial charge < -0.3 is 14.8 Å². The summed E-state index contributed by atoms with van der Waals surface area (Å²) in [6.45, 7) is 8.15. The Hall–Kier alpha value is -1.71. The Morgan fingerprint density at radius 3 is 2.74 bits per heavy atom. The van der Waals surface area contributed by atoms with Crippen LogP contribution in [0.25, 0.3) is 0 Å². The van der Waals surface area contributed by atoms with Gasteiger partial charge >= 0.3 is 0 Å². The highest BCUT2D eigenvalue weighted by Gasteiger charge is 2.31. The van der Waals surface area contributed by atoms with Crippen LogP contribution in [-0.4, -0.2) is 18.7 Å². The fourth-order valence-corrected chi connectivity index (χ4v) is 1.92. The fourth-order valence-electron chi connectivity index (χ4n) is 1.92. The summed E-state index contributed by atoms with van der Waals surface area (Å²) in [4.78, 5) is 12.4. The first-order valence-corrected chi connectivity index (χ1v) is 6.66. The van der Waals surface area contributed by atoms with E-state index in [1.54, 1.807) is 0 Å². The predicted octanol–water partition coefficient (Wildman–Crippen LogP) is 2.61. The molecule has 0 fully saturated rings. The summed E-state index contributed by atoms with van der Waals surface area (Å²) in [7, 11) is 0. The summed E-state index contributed by atoms with van der Waals surface area (Å²) >= 11 is 0. The molecule has 0 saturated carbocycles. The van der Waals surface area contributed by atoms with Crippen LogP contribution in [0.3, 0.4) is 0 Å². The van der Waals surface area contributed by atoms with E-state index in [0.717, 1.165) is 17.7 Å². The number of amides is 1. The van der Waals surface area contributed by atoms with E-state index >= 15 is 0 Å². The van der Waals surface area contributed by atoms with Gasteiger partial charge in [0.05, 0.1) is 5.41 Å². The minimum absolute atomic E-state index is 0.0284. The summed E-state index contributed by atoms with van der Waals surface area (Å²) in [5.74, 6) is 1.48. The lowest BCUT2D eigenvalue weighted by atomic mass is 9.83. The van der Waals surface area contributed by atoms with Crippen LogP contribution in [0.5, 0.6) is 11.5 Å². The molecule has 1 aliphatic heterocycles. The third-order valence-corrected chi connectivity index (χ3v) is 3.65. The number of rotatable bonds is 4. The first kappa shape index (κ1) is 13.7. The van der Waals surface area contributed by atoms with Gasteiger partial charge in [-0.2, -0.15) is 0 Å². The highest BCUT2D eigenvalue weighted by atomic mass is 16.7. The van der Waals surface area contributed by atoms with Crippen molar-refractivity contribution in [2.24, 2.45) is 0 Å². The molecule has 1 aromatic carbocycles. The van der Waals surface area contributed by atoms with Crippen LogP contribution >= 0.6 is 0 Å². The van der Waals surface area contributed by atoms with Crippen molar-refractivity contribution in [3.05, 3.63) is 23.8 Å². The quantitative estimate of drug-likeness (QED) is 0.908. The van der Waals surface area contributed by atoms with Gasteiger partial charge in [-0.15, -0.1) is 0 Å². The van der Waals surface area contributed by atoms with Crippen LogP contribution in [-0.2, 0) is 10.2 Å². The molecule has 1 unspecified atom stereocenters. The Morgan fingerprint density at radius 1 is 1.37 bits per heavy atom. The number of hydrogen-bond donors (Lipinski definition) is 1. The van der Waals surface area contributed by atoms with Crippen LogP contribution in [0.1, 0.15) is 39.7 Å². The Kier molecular flexibility index (Phi) is 3.69. The van der Waals surface area contributed by atoms with E-state index in [9.17, 15) is 4.79 Å². The molecule has 0 aliphatic carbocycles. The summed E-state index contributed by atoms with van der Waals surface area (Å²) in [5, 5.41) is 3.03. The van der Waals surface area contributed by atoms with Crippen molar-refractivity contribution in [2.45, 2.75) is 45.6 Å². The summed E-state index contributed by atoms with van der Waals surface area (Å²) in [6.07, 6.45) is 0.920. The van der Waals surface area contributed by atoms with Crippen LogP contribution in [0, 0.1) is 0 Å². The molecule has 4 nitrogen and oxygen atoms in total. The Bertz CT molecular complexity index is 482. The van der Waals surface area contributed by atoms with Gasteiger partial charge in [0.25, 0.3) is 0 Å². The summed E-state index contributed by atoms with van der Waals surface area (Å²) in [6, 6.07) is 5.85. The predicted molar refractivity (Wildman–Crippen MR) is 73.5 cm³/mol. The minimum Gasteiger partial charge on any atom is -0.454 e. The first-order valence-electron chi connectivity index (χ1n) is 6.66. The second-order valence-corrected chi connectivity index (χ2v) is 5.48. The van der Waals surface area contributed by atoms with E-state index in [1.165, 1.54) is 0 Å². The minimum atomic E-state index is -0.593. The standard InChI is InChI=1S/C15H21NO3/c1-5-10(2)16-14(17)15(3,4)11-6-7-12-13(8-11)19-9-18-12/h6-8,10H,5,9H2,1-4H3,(H,16,17). The maximum Gasteiger partial charge on any atom is 0.231 e. The van der Waals surface area contributed by atoms with E-state index < -0.39 is 5.41 Å². The number of ether oxygens (including phenoxy) is 2. The lowest BCUT2D eigenvalue weighted by molar-refractivity contribution is -0.126. The average molecular weight is 263 g/mol. The number of carbonyl (C=O) groups excluding carboxylic acids is 1. The lowest BCUT2D eigenvalue weighted by Gasteiger charge is -2.26. The largest absolute Gasteiger partial charge is 0.454 e. The molecular formula is C15H21NO3. The molecule has 0 spiro atoms. The monoisotopic (exact) mass is 263 g/mol. The van der Waals surface area contributed by atoms with Gasteiger partial charge in [-0.05, 0) is 44.9 Å². The molecule has 1 N–H and O–H groups in total. The number of hydrogen-bond acceptors (Lipinski definition) is 3. The number of benzene rings is 1. The maximum absolute atomic E-state index is 12.4. The molecule has 1 heterocycles. The van der Waals surface area contributed by atoms with Crippen molar-refractivity contribution < 1.29 is 14.3 Å². The molecule has 1 aliphatic rings. The maximum atomic E-state index is 12.4. The van der Waals surface area contributed by atoms with Crippen molar-refractivity contribution >= 4 is 5.91 Å². The molecule has 0 bridgehead atoms. The molecule has 1 amide bonds. The van der Waals surface area contributed by atoms with Crippen molar-refractivity contribution in [2.75, 3.05) is 6.79 Å². The van der Waals surface area contributed by atoms with Crippen LogP contribution in [0.2, 0.25) is 0 Å². The number of carbonyl (C=O) groups is 1. The fraction of sp³-hybridized carbons (Fsp3) is 0.533. The van der Waals surface area contributed by atoms with Gasteiger partial charge in [0, 0.05) is 6.04 Å². The Morgan fingerprint density at radius 2 is 2.05 bits per heavy atom. The number of fused-ring (bicyclic) bond motifs is 1. The van der Waals surface area contributed by atoms with E-state index in [-0.39, 0.29) is 18.7 Å². The van der Waals surface area contributed by atoms with Crippen LogP contribution < -0.4 is 14.8 Å². The number of nitrogens with one attached hydrogen (secondary N) is 1. The van der Waals surface area contributed by atoms with Crippen molar-refractivity contribution in [1.82, 2.24) is 5.32 Å².